The van der Waals surface area contributed by atoms with Gasteiger partial charge in [-0.25, -0.2) is 14.4 Å². The summed E-state index contributed by atoms with van der Waals surface area (Å²) in [6, 6.07) is 10.9. The first kappa shape index (κ1) is 27.9. The molecular formula is C26H18N4O11. The number of carbonyl (C=O) groups is 4. The van der Waals surface area contributed by atoms with Gasteiger partial charge < -0.3 is 19.2 Å². The molecule has 41 heavy (non-hydrogen) atoms. The Balaban J connectivity index is 1.58. The normalized spacial score (nSPS) is 13.9. The molecule has 15 nitrogen and oxygen atoms in total. The van der Waals surface area contributed by atoms with Crippen LogP contribution in [0.15, 0.2) is 70.8 Å². The molecule has 1 N–H and O–H groups in total. The van der Waals surface area contributed by atoms with Gasteiger partial charge in [-0.1, -0.05) is 24.3 Å². The summed E-state index contributed by atoms with van der Waals surface area (Å²) in [5, 5.41) is 24.9. The van der Waals surface area contributed by atoms with E-state index in [1.807, 2.05) is 0 Å². The SMILES string of the molecule is COC(=O)c1ccc(CN2C(=O)N/C(=C\c3cccc([N+](=O)[O-])c3OC(=O)/C=C/c3cccc([N+](=O)[O-])c3)C2=O)o1. The number of hydrogen-bond acceptors (Lipinski definition) is 11. The fourth-order valence-corrected chi connectivity index (χ4v) is 3.65. The van der Waals surface area contributed by atoms with E-state index in [1.165, 1.54) is 54.6 Å². The predicted octanol–water partition coefficient (Wildman–Crippen LogP) is 3.59. The van der Waals surface area contributed by atoms with Crippen LogP contribution in [0, 0.1) is 20.2 Å². The number of amides is 3. The summed E-state index contributed by atoms with van der Waals surface area (Å²) in [5.41, 5.74) is -0.861. The minimum Gasteiger partial charge on any atom is -0.463 e. The van der Waals surface area contributed by atoms with E-state index in [1.54, 1.807) is 0 Å². The van der Waals surface area contributed by atoms with Crippen molar-refractivity contribution in [2.45, 2.75) is 6.54 Å². The maximum atomic E-state index is 12.9. The van der Waals surface area contributed by atoms with Crippen LogP contribution in [0.2, 0.25) is 0 Å². The zero-order valence-electron chi connectivity index (χ0n) is 21.0. The Morgan fingerprint density at radius 3 is 2.51 bits per heavy atom. The zero-order valence-corrected chi connectivity index (χ0v) is 21.0. The highest BCUT2D eigenvalue weighted by Crippen LogP contribution is 2.33. The van der Waals surface area contributed by atoms with Crippen LogP contribution in [0.5, 0.6) is 5.75 Å². The predicted molar refractivity (Wildman–Crippen MR) is 138 cm³/mol. The van der Waals surface area contributed by atoms with Crippen molar-refractivity contribution < 1.29 is 42.9 Å². The van der Waals surface area contributed by atoms with E-state index in [4.69, 9.17) is 9.15 Å². The van der Waals surface area contributed by atoms with Gasteiger partial charge in [0.05, 0.1) is 23.5 Å². The number of benzene rings is 2. The average molecular weight is 562 g/mol. The molecule has 1 aliphatic heterocycles. The number of rotatable bonds is 9. The van der Waals surface area contributed by atoms with Crippen molar-refractivity contribution in [1.82, 2.24) is 10.2 Å². The van der Waals surface area contributed by atoms with Gasteiger partial charge in [0.15, 0.2) is 0 Å². The van der Waals surface area contributed by atoms with Crippen molar-refractivity contribution >= 4 is 47.4 Å². The van der Waals surface area contributed by atoms with Gasteiger partial charge in [0, 0.05) is 29.8 Å². The molecule has 1 aromatic heterocycles. The van der Waals surface area contributed by atoms with E-state index in [2.05, 4.69) is 10.1 Å². The number of nitrogens with zero attached hydrogens (tertiary/aromatic N) is 3. The smallest absolute Gasteiger partial charge is 0.373 e. The third-order valence-electron chi connectivity index (χ3n) is 5.54. The number of nitro benzene ring substituents is 2. The van der Waals surface area contributed by atoms with Crippen LogP contribution >= 0.6 is 0 Å². The maximum Gasteiger partial charge on any atom is 0.373 e. The molecule has 2 heterocycles. The van der Waals surface area contributed by atoms with Gasteiger partial charge in [-0.05, 0) is 29.8 Å². The number of esters is 2. The van der Waals surface area contributed by atoms with Crippen molar-refractivity contribution in [3.63, 3.8) is 0 Å². The van der Waals surface area contributed by atoms with Gasteiger partial charge in [-0.2, -0.15) is 0 Å². The minimum atomic E-state index is -1.05. The van der Waals surface area contributed by atoms with Crippen LogP contribution in [0.4, 0.5) is 16.2 Å². The van der Waals surface area contributed by atoms with E-state index in [9.17, 15) is 39.4 Å². The number of carbonyl (C=O) groups excluding carboxylic acids is 4. The Bertz CT molecular complexity index is 1650. The lowest BCUT2D eigenvalue weighted by molar-refractivity contribution is -0.385. The highest BCUT2D eigenvalue weighted by atomic mass is 16.6. The first-order valence-corrected chi connectivity index (χ1v) is 11.5. The Morgan fingerprint density at radius 1 is 1.05 bits per heavy atom. The Labute approximate surface area is 229 Å². The topological polar surface area (TPSA) is 201 Å². The summed E-state index contributed by atoms with van der Waals surface area (Å²) < 4.78 is 15.1. The van der Waals surface area contributed by atoms with Crippen LogP contribution < -0.4 is 10.1 Å². The minimum absolute atomic E-state index is 0.0761. The summed E-state index contributed by atoms with van der Waals surface area (Å²) >= 11 is 0. The van der Waals surface area contributed by atoms with Gasteiger partial charge in [0.1, 0.15) is 11.5 Å². The number of nitrogens with one attached hydrogen (secondary N) is 1. The zero-order chi connectivity index (χ0) is 29.7. The molecule has 2 aromatic carbocycles. The molecule has 0 spiro atoms. The molecule has 0 bridgehead atoms. The quantitative estimate of drug-likeness (QED) is 0.0997. The van der Waals surface area contributed by atoms with Crippen molar-refractivity contribution in [2.75, 3.05) is 7.11 Å². The van der Waals surface area contributed by atoms with Gasteiger partial charge in [-0.3, -0.25) is 29.9 Å². The van der Waals surface area contributed by atoms with Crippen LogP contribution in [0.1, 0.15) is 27.4 Å². The van der Waals surface area contributed by atoms with Crippen LogP contribution in [0.25, 0.3) is 12.2 Å². The maximum absolute atomic E-state index is 12.9. The summed E-state index contributed by atoms with van der Waals surface area (Å²) in [5.74, 6) is -3.15. The molecule has 208 valence electrons. The fourth-order valence-electron chi connectivity index (χ4n) is 3.65. The number of methoxy groups -OCH3 is 1. The first-order chi connectivity index (χ1) is 19.6. The van der Waals surface area contributed by atoms with Gasteiger partial charge in [-0.15, -0.1) is 0 Å². The number of urea groups is 1. The molecule has 3 amide bonds. The van der Waals surface area contributed by atoms with E-state index in [-0.39, 0.29) is 35.0 Å². The third-order valence-corrected chi connectivity index (χ3v) is 5.54. The molecular weight excluding hydrogens is 544 g/mol. The lowest BCUT2D eigenvalue weighted by Crippen LogP contribution is -2.30. The molecule has 4 rings (SSSR count). The number of furan rings is 1. The van der Waals surface area contributed by atoms with Gasteiger partial charge in [0.2, 0.25) is 11.5 Å². The molecule has 0 atom stereocenters. The van der Waals surface area contributed by atoms with E-state index in [0.29, 0.717) is 5.56 Å². The summed E-state index contributed by atoms with van der Waals surface area (Å²) in [7, 11) is 1.16. The van der Waals surface area contributed by atoms with Crippen LogP contribution in [-0.4, -0.2) is 45.7 Å². The Hall–Kier alpha value is -6.12. The summed E-state index contributed by atoms with van der Waals surface area (Å²) in [6.07, 6.45) is 3.24. The number of non-ortho nitro benzene ring substituents is 1. The van der Waals surface area contributed by atoms with E-state index < -0.39 is 45.2 Å². The monoisotopic (exact) mass is 562 g/mol. The largest absolute Gasteiger partial charge is 0.463 e. The van der Waals surface area contributed by atoms with E-state index >= 15 is 0 Å². The molecule has 3 aromatic rings. The fraction of sp³-hybridized carbons (Fsp3) is 0.0769. The Kier molecular flexibility index (Phi) is 7.98. The second kappa shape index (κ2) is 11.7. The van der Waals surface area contributed by atoms with Gasteiger partial charge >= 0.3 is 23.7 Å². The first-order valence-electron chi connectivity index (χ1n) is 11.5. The molecule has 15 heteroatoms. The molecule has 0 unspecified atom stereocenters. The molecule has 0 saturated carbocycles. The van der Waals surface area contributed by atoms with Crippen molar-refractivity contribution in [3.05, 3.63) is 109 Å². The summed E-state index contributed by atoms with van der Waals surface area (Å²) in [4.78, 5) is 71.5. The highest BCUT2D eigenvalue weighted by Gasteiger charge is 2.35. The number of imide groups is 1. The lowest BCUT2D eigenvalue weighted by Gasteiger charge is -2.09. The van der Waals surface area contributed by atoms with Crippen LogP contribution in [-0.2, 0) is 20.9 Å². The molecule has 1 saturated heterocycles. The second-order valence-electron chi connectivity index (χ2n) is 8.20. The van der Waals surface area contributed by atoms with Crippen molar-refractivity contribution in [1.29, 1.82) is 0 Å². The van der Waals surface area contributed by atoms with E-state index in [0.717, 1.165) is 30.2 Å². The molecule has 1 fully saturated rings. The van der Waals surface area contributed by atoms with Crippen molar-refractivity contribution in [2.24, 2.45) is 0 Å². The number of nitro groups is 2. The third kappa shape index (κ3) is 6.31. The molecule has 0 radical (unpaired) electrons. The number of para-hydroxylation sites is 1. The number of ether oxygens (including phenoxy) is 2. The number of hydrogen-bond donors (Lipinski definition) is 1. The average Bonchev–Trinajstić information content (AvgIpc) is 3.52. The lowest BCUT2D eigenvalue weighted by atomic mass is 10.1. The second-order valence-corrected chi connectivity index (χ2v) is 8.20. The summed E-state index contributed by atoms with van der Waals surface area (Å²) in [6.45, 7) is -0.335. The highest BCUT2D eigenvalue weighted by molar-refractivity contribution is 6.14. The molecule has 1 aliphatic rings. The molecule has 0 aliphatic carbocycles. The van der Waals surface area contributed by atoms with Crippen LogP contribution in [0.3, 0.4) is 0 Å². The van der Waals surface area contributed by atoms with Gasteiger partial charge in [0.25, 0.3) is 11.6 Å². The Morgan fingerprint density at radius 2 is 1.80 bits per heavy atom. The standard InChI is InChI=1S/C26H18N4O11/c1-39-25(33)21-10-9-18(40-21)14-28-24(32)19(27-26(28)34)13-16-5-3-7-20(30(37)38)23(16)41-22(31)11-8-15-4-2-6-17(12-15)29(35)36/h2-13H,14H2,1H3,(H,27,34)/b11-8+,19-13-. The van der Waals surface area contributed by atoms with Crippen molar-refractivity contribution in [3.8, 4) is 5.75 Å².